The normalized spacial score (nSPS) is 13.0. The summed E-state index contributed by atoms with van der Waals surface area (Å²) in [6, 6.07) is 15.1. The van der Waals surface area contributed by atoms with Crippen molar-refractivity contribution in [2.75, 3.05) is 0 Å². The average molecular weight is 330 g/mol. The van der Waals surface area contributed by atoms with E-state index in [2.05, 4.69) is 73.4 Å². The van der Waals surface area contributed by atoms with Gasteiger partial charge in [0.15, 0.2) is 5.65 Å². The fourth-order valence-corrected chi connectivity index (χ4v) is 3.21. The molecule has 0 amide bonds. The lowest BCUT2D eigenvalue weighted by Crippen LogP contribution is -2.02. The van der Waals surface area contributed by atoms with Gasteiger partial charge in [0, 0.05) is 17.3 Å². The molecule has 0 bridgehead atoms. The average Bonchev–Trinajstić information content (AvgIpc) is 3.08. The van der Waals surface area contributed by atoms with Crippen molar-refractivity contribution in [2.45, 2.75) is 39.0 Å². The van der Waals surface area contributed by atoms with Gasteiger partial charge in [0.1, 0.15) is 6.33 Å². The van der Waals surface area contributed by atoms with Crippen LogP contribution in [0.5, 0.6) is 0 Å². The lowest BCUT2D eigenvalue weighted by Gasteiger charge is -2.13. The number of aromatic nitrogens is 4. The minimum atomic E-state index is 0.369. The predicted molar refractivity (Wildman–Crippen MR) is 101 cm³/mol. The summed E-state index contributed by atoms with van der Waals surface area (Å²) in [7, 11) is 0. The van der Waals surface area contributed by atoms with Gasteiger partial charge in [-0.05, 0) is 53.6 Å². The number of hydrogen-bond acceptors (Lipinski definition) is 3. The van der Waals surface area contributed by atoms with E-state index >= 15 is 0 Å². The molecule has 1 unspecified atom stereocenters. The molecule has 1 aromatic carbocycles. The second-order valence-electron chi connectivity index (χ2n) is 7.04. The summed E-state index contributed by atoms with van der Waals surface area (Å²) in [6.45, 7) is 6.67. The van der Waals surface area contributed by atoms with Crippen molar-refractivity contribution in [1.29, 1.82) is 0 Å². The minimum absolute atomic E-state index is 0.369. The predicted octanol–water partition coefficient (Wildman–Crippen LogP) is 4.75. The molecule has 0 saturated heterocycles. The van der Waals surface area contributed by atoms with Gasteiger partial charge < -0.3 is 0 Å². The third-order valence-corrected chi connectivity index (χ3v) is 4.82. The van der Waals surface area contributed by atoms with Gasteiger partial charge in [-0.25, -0.2) is 9.50 Å². The van der Waals surface area contributed by atoms with Crippen LogP contribution in [0.2, 0.25) is 0 Å². The van der Waals surface area contributed by atoms with E-state index in [1.165, 1.54) is 16.5 Å². The smallest absolute Gasteiger partial charge is 0.155 e. The summed E-state index contributed by atoms with van der Waals surface area (Å²) in [5.74, 6) is 0.907. The fraction of sp³-hybridized carbons (Fsp3) is 0.286. The largest absolute Gasteiger partial charge is 0.253 e. The molecule has 0 aliphatic rings. The highest BCUT2D eigenvalue weighted by Crippen LogP contribution is 2.23. The lowest BCUT2D eigenvalue weighted by molar-refractivity contribution is 0.733. The Morgan fingerprint density at radius 2 is 1.80 bits per heavy atom. The highest BCUT2D eigenvalue weighted by Gasteiger charge is 2.10. The molecule has 0 aliphatic carbocycles. The number of hydrogen-bond donors (Lipinski definition) is 0. The van der Waals surface area contributed by atoms with Crippen molar-refractivity contribution in [3.63, 3.8) is 0 Å². The molecule has 0 fully saturated rings. The van der Waals surface area contributed by atoms with Crippen molar-refractivity contribution in [3.05, 3.63) is 71.8 Å². The molecule has 0 N–H and O–H groups in total. The molecular formula is C21H22N4. The minimum Gasteiger partial charge on any atom is -0.253 e. The van der Waals surface area contributed by atoms with Gasteiger partial charge in [-0.3, -0.25) is 4.98 Å². The molecule has 4 rings (SSSR count). The van der Waals surface area contributed by atoms with Crippen LogP contribution in [0.15, 0.2) is 55.0 Å². The first-order valence-electron chi connectivity index (χ1n) is 8.79. The number of pyridine rings is 2. The lowest BCUT2D eigenvalue weighted by atomic mass is 9.96. The first-order chi connectivity index (χ1) is 12.1. The van der Waals surface area contributed by atoms with Gasteiger partial charge in [-0.2, -0.15) is 5.10 Å². The third-order valence-electron chi connectivity index (χ3n) is 4.82. The Bertz CT molecular complexity index is 1030. The molecule has 4 aromatic rings. The molecule has 1 atom stereocenters. The molecule has 4 heteroatoms. The molecule has 3 heterocycles. The number of rotatable bonds is 4. The van der Waals surface area contributed by atoms with Crippen molar-refractivity contribution in [1.82, 2.24) is 19.6 Å². The summed E-state index contributed by atoms with van der Waals surface area (Å²) in [4.78, 5) is 9.05. The first kappa shape index (κ1) is 15.8. The van der Waals surface area contributed by atoms with Gasteiger partial charge >= 0.3 is 0 Å². The SMILES string of the molecule is CC(C)c1ccc2nc(CC(C)c3ccc4ncnn4c3)ccc2c1. The number of nitrogens with zero attached hydrogens (tertiary/aromatic N) is 4. The van der Waals surface area contributed by atoms with Crippen LogP contribution in [-0.2, 0) is 6.42 Å². The molecule has 0 spiro atoms. The van der Waals surface area contributed by atoms with Crippen LogP contribution in [0.1, 0.15) is 49.4 Å². The maximum Gasteiger partial charge on any atom is 0.155 e. The van der Waals surface area contributed by atoms with E-state index in [-0.39, 0.29) is 0 Å². The highest BCUT2D eigenvalue weighted by atomic mass is 15.3. The second kappa shape index (κ2) is 6.28. The van der Waals surface area contributed by atoms with Gasteiger partial charge in [-0.1, -0.05) is 39.0 Å². The Hall–Kier alpha value is -2.75. The van der Waals surface area contributed by atoms with E-state index < -0.39 is 0 Å². The quantitative estimate of drug-likeness (QED) is 0.542. The Morgan fingerprint density at radius 1 is 0.960 bits per heavy atom. The van der Waals surface area contributed by atoms with E-state index in [1.807, 2.05) is 10.6 Å². The van der Waals surface area contributed by atoms with E-state index in [1.54, 1.807) is 6.33 Å². The van der Waals surface area contributed by atoms with Crippen LogP contribution in [0.25, 0.3) is 16.6 Å². The molecule has 4 nitrogen and oxygen atoms in total. The molecule has 0 saturated carbocycles. The monoisotopic (exact) mass is 330 g/mol. The summed E-state index contributed by atoms with van der Waals surface area (Å²) >= 11 is 0. The van der Waals surface area contributed by atoms with Crippen LogP contribution in [0.3, 0.4) is 0 Å². The maximum atomic E-state index is 4.86. The Balaban J connectivity index is 1.59. The van der Waals surface area contributed by atoms with Gasteiger partial charge in [0.2, 0.25) is 0 Å². The first-order valence-corrected chi connectivity index (χ1v) is 8.79. The molecule has 0 radical (unpaired) electrons. The van der Waals surface area contributed by atoms with Crippen molar-refractivity contribution in [3.8, 4) is 0 Å². The van der Waals surface area contributed by atoms with E-state index in [0.29, 0.717) is 11.8 Å². The molecular weight excluding hydrogens is 308 g/mol. The topological polar surface area (TPSA) is 43.1 Å². The van der Waals surface area contributed by atoms with Crippen molar-refractivity contribution < 1.29 is 0 Å². The van der Waals surface area contributed by atoms with Crippen LogP contribution in [-0.4, -0.2) is 19.6 Å². The highest BCUT2D eigenvalue weighted by molar-refractivity contribution is 5.79. The van der Waals surface area contributed by atoms with Crippen LogP contribution in [0, 0.1) is 0 Å². The zero-order chi connectivity index (χ0) is 17.4. The standard InChI is InChI=1S/C21H22N4/c1-14(2)16-5-8-20-17(11-16)4-7-19(24-20)10-15(3)18-6-9-21-22-13-23-25(21)12-18/h4-9,11-15H,10H2,1-3H3. The van der Waals surface area contributed by atoms with Gasteiger partial charge in [0.05, 0.1) is 5.52 Å². The molecule has 25 heavy (non-hydrogen) atoms. The third kappa shape index (κ3) is 3.12. The maximum absolute atomic E-state index is 4.86. The van der Waals surface area contributed by atoms with Crippen LogP contribution in [0.4, 0.5) is 0 Å². The fourth-order valence-electron chi connectivity index (χ4n) is 3.21. The number of fused-ring (bicyclic) bond motifs is 2. The second-order valence-corrected chi connectivity index (χ2v) is 7.04. The van der Waals surface area contributed by atoms with E-state index in [0.717, 1.165) is 23.3 Å². The Labute approximate surface area is 147 Å². The van der Waals surface area contributed by atoms with Crippen LogP contribution >= 0.6 is 0 Å². The van der Waals surface area contributed by atoms with Crippen LogP contribution < -0.4 is 0 Å². The molecule has 3 aromatic heterocycles. The molecule has 126 valence electrons. The summed E-state index contributed by atoms with van der Waals surface area (Å²) < 4.78 is 1.83. The van der Waals surface area contributed by atoms with Gasteiger partial charge in [0.25, 0.3) is 0 Å². The summed E-state index contributed by atoms with van der Waals surface area (Å²) in [5, 5.41) is 5.44. The Kier molecular flexibility index (Phi) is 3.96. The van der Waals surface area contributed by atoms with E-state index in [9.17, 15) is 0 Å². The van der Waals surface area contributed by atoms with E-state index in [4.69, 9.17) is 4.98 Å². The Morgan fingerprint density at radius 3 is 2.64 bits per heavy atom. The summed E-state index contributed by atoms with van der Waals surface area (Å²) in [6.07, 6.45) is 4.55. The van der Waals surface area contributed by atoms with Crippen molar-refractivity contribution >= 4 is 16.6 Å². The molecule has 0 aliphatic heterocycles. The zero-order valence-electron chi connectivity index (χ0n) is 14.8. The van der Waals surface area contributed by atoms with Crippen molar-refractivity contribution in [2.24, 2.45) is 0 Å². The zero-order valence-corrected chi connectivity index (χ0v) is 14.8. The number of benzene rings is 1. The summed E-state index contributed by atoms with van der Waals surface area (Å²) in [5.41, 5.74) is 5.67. The van der Waals surface area contributed by atoms with Gasteiger partial charge in [-0.15, -0.1) is 0 Å².